The number of nitrogens with one attached hydrogen (secondary N) is 1. The van der Waals surface area contributed by atoms with Gasteiger partial charge in [-0.3, -0.25) is 4.98 Å². The first-order chi connectivity index (χ1) is 14.2. The number of nitrogens with zero attached hydrogens (tertiary/aromatic N) is 6. The smallest absolute Gasteiger partial charge is 0.229 e. The predicted molar refractivity (Wildman–Crippen MR) is 113 cm³/mol. The van der Waals surface area contributed by atoms with Crippen molar-refractivity contribution in [2.45, 2.75) is 45.2 Å². The molecule has 0 unspecified atom stereocenters. The second kappa shape index (κ2) is 7.59. The first kappa shape index (κ1) is 18.3. The van der Waals surface area contributed by atoms with Gasteiger partial charge in [0, 0.05) is 25.3 Å². The summed E-state index contributed by atoms with van der Waals surface area (Å²) in [4.78, 5) is 27.2. The fourth-order valence-corrected chi connectivity index (χ4v) is 4.27. The maximum Gasteiger partial charge on any atom is 0.229 e. The number of anilines is 2. The molecule has 0 radical (unpaired) electrons. The summed E-state index contributed by atoms with van der Waals surface area (Å²) in [6, 6.07) is 6.51. The number of aromatic amines is 1. The summed E-state index contributed by atoms with van der Waals surface area (Å²) < 4.78 is 5.65. The molecular weight excluding hydrogens is 366 g/mol. The largest absolute Gasteiger partial charge is 0.377 e. The Balaban J connectivity index is 1.65. The molecule has 3 aromatic heterocycles. The summed E-state index contributed by atoms with van der Waals surface area (Å²) >= 11 is 0. The molecule has 0 bridgehead atoms. The van der Waals surface area contributed by atoms with Gasteiger partial charge in [0.1, 0.15) is 11.2 Å². The third-order valence-electron chi connectivity index (χ3n) is 5.93. The number of hydrogen-bond acceptors (Lipinski definition) is 7. The third-order valence-corrected chi connectivity index (χ3v) is 5.93. The van der Waals surface area contributed by atoms with Gasteiger partial charge in [-0.15, -0.1) is 0 Å². The Morgan fingerprint density at radius 1 is 1.03 bits per heavy atom. The summed E-state index contributed by atoms with van der Waals surface area (Å²) in [5.41, 5.74) is 2.37. The van der Waals surface area contributed by atoms with Crippen LogP contribution < -0.4 is 9.80 Å². The Kier molecular flexibility index (Phi) is 4.79. The second-order valence-electron chi connectivity index (χ2n) is 8.00. The van der Waals surface area contributed by atoms with Crippen LogP contribution >= 0.6 is 0 Å². The van der Waals surface area contributed by atoms with Crippen LogP contribution in [0.3, 0.4) is 0 Å². The third kappa shape index (κ3) is 3.42. The molecule has 2 saturated heterocycles. The molecule has 0 aromatic carbocycles. The Morgan fingerprint density at radius 2 is 1.97 bits per heavy atom. The first-order valence-corrected chi connectivity index (χ1v) is 10.5. The van der Waals surface area contributed by atoms with Gasteiger partial charge >= 0.3 is 0 Å². The molecule has 5 rings (SSSR count). The Morgan fingerprint density at radius 3 is 2.76 bits per heavy atom. The normalized spacial score (nSPS) is 23.0. The number of ether oxygens (including phenoxy) is 1. The van der Waals surface area contributed by atoms with Gasteiger partial charge in [-0.1, -0.05) is 6.07 Å². The van der Waals surface area contributed by atoms with E-state index in [9.17, 15) is 0 Å². The van der Waals surface area contributed by atoms with Crippen molar-refractivity contribution in [1.82, 2.24) is 24.9 Å². The molecule has 2 aliphatic rings. The minimum absolute atomic E-state index is 0.245. The van der Waals surface area contributed by atoms with Crippen molar-refractivity contribution in [3.63, 3.8) is 0 Å². The van der Waals surface area contributed by atoms with E-state index in [-0.39, 0.29) is 6.04 Å². The quantitative estimate of drug-likeness (QED) is 0.732. The molecule has 1 N–H and O–H groups in total. The van der Waals surface area contributed by atoms with Crippen LogP contribution in [0.4, 0.5) is 11.8 Å². The number of aromatic nitrogens is 5. The van der Waals surface area contributed by atoms with Crippen LogP contribution in [0.1, 0.15) is 33.1 Å². The fourth-order valence-electron chi connectivity index (χ4n) is 4.27. The van der Waals surface area contributed by atoms with Crippen molar-refractivity contribution in [1.29, 1.82) is 0 Å². The highest BCUT2D eigenvalue weighted by atomic mass is 16.5. The summed E-state index contributed by atoms with van der Waals surface area (Å²) in [6.07, 6.45) is 5.39. The molecule has 3 aromatic rings. The lowest BCUT2D eigenvalue weighted by atomic mass is 10.0. The molecule has 0 aliphatic carbocycles. The second-order valence-corrected chi connectivity index (χ2v) is 8.00. The van der Waals surface area contributed by atoms with E-state index < -0.39 is 0 Å². The monoisotopic (exact) mass is 393 g/mol. The average molecular weight is 393 g/mol. The lowest BCUT2D eigenvalue weighted by Gasteiger charge is -2.36. The van der Waals surface area contributed by atoms with Gasteiger partial charge in [0.25, 0.3) is 0 Å². The molecule has 2 aliphatic heterocycles. The van der Waals surface area contributed by atoms with Crippen LogP contribution in [0.5, 0.6) is 0 Å². The summed E-state index contributed by atoms with van der Waals surface area (Å²) in [5, 5.41) is 0. The summed E-state index contributed by atoms with van der Waals surface area (Å²) in [6.45, 7) is 7.62. The van der Waals surface area contributed by atoms with Crippen molar-refractivity contribution in [2.75, 3.05) is 36.1 Å². The number of fused-ring (bicyclic) bond motifs is 1. The van der Waals surface area contributed by atoms with Crippen LogP contribution in [0.2, 0.25) is 0 Å². The Bertz CT molecular complexity index is 989. The lowest BCUT2D eigenvalue weighted by molar-refractivity contribution is 0.0986. The van der Waals surface area contributed by atoms with E-state index in [1.807, 2.05) is 18.2 Å². The predicted octanol–water partition coefficient (Wildman–Crippen LogP) is 3.02. The zero-order chi connectivity index (χ0) is 19.8. The average Bonchev–Trinajstić information content (AvgIpc) is 3.19. The van der Waals surface area contributed by atoms with E-state index in [0.29, 0.717) is 24.9 Å². The van der Waals surface area contributed by atoms with Crippen LogP contribution in [0.25, 0.3) is 22.7 Å². The molecule has 8 nitrogen and oxygen atoms in total. The van der Waals surface area contributed by atoms with Crippen molar-refractivity contribution in [3.8, 4) is 11.5 Å². The number of morpholine rings is 1. The van der Waals surface area contributed by atoms with Crippen LogP contribution in [-0.2, 0) is 4.74 Å². The molecule has 8 heteroatoms. The van der Waals surface area contributed by atoms with Crippen molar-refractivity contribution in [2.24, 2.45) is 0 Å². The number of piperidine rings is 1. The van der Waals surface area contributed by atoms with Gasteiger partial charge in [-0.05, 0) is 45.2 Å². The van der Waals surface area contributed by atoms with E-state index in [4.69, 9.17) is 19.7 Å². The lowest BCUT2D eigenvalue weighted by Crippen LogP contribution is -2.45. The number of hydrogen-bond donors (Lipinski definition) is 1. The van der Waals surface area contributed by atoms with Gasteiger partial charge in [-0.25, -0.2) is 4.98 Å². The van der Waals surface area contributed by atoms with Gasteiger partial charge in [-0.2, -0.15) is 9.97 Å². The molecule has 152 valence electrons. The van der Waals surface area contributed by atoms with E-state index in [2.05, 4.69) is 33.6 Å². The van der Waals surface area contributed by atoms with Crippen LogP contribution in [0, 0.1) is 0 Å². The van der Waals surface area contributed by atoms with E-state index in [1.54, 1.807) is 6.20 Å². The highest BCUT2D eigenvalue weighted by molar-refractivity contribution is 5.87. The van der Waals surface area contributed by atoms with Gasteiger partial charge in [0.2, 0.25) is 5.95 Å². The van der Waals surface area contributed by atoms with Gasteiger partial charge < -0.3 is 19.5 Å². The molecular formula is C21H27N7O. The maximum absolute atomic E-state index is 5.65. The standard InChI is InChI=1S/C21H27N7O/c1-14-7-4-6-10-28(14)21-25-19-17(20(26-21)27-11-12-29-13-15(27)2)23-18(24-19)16-8-3-5-9-22-16/h3,5,8-9,14-15H,4,6-7,10-13H2,1-2H3,(H,23,24,25,26)/t14-,15+/m0/s1. The number of H-pyrrole nitrogens is 1. The van der Waals surface area contributed by atoms with E-state index in [1.165, 1.54) is 19.3 Å². The molecule has 5 heterocycles. The molecule has 0 spiro atoms. The minimum atomic E-state index is 0.245. The van der Waals surface area contributed by atoms with Crippen molar-refractivity contribution in [3.05, 3.63) is 24.4 Å². The zero-order valence-corrected chi connectivity index (χ0v) is 17.0. The highest BCUT2D eigenvalue weighted by Gasteiger charge is 2.28. The van der Waals surface area contributed by atoms with Gasteiger partial charge in [0.15, 0.2) is 17.3 Å². The summed E-state index contributed by atoms with van der Waals surface area (Å²) in [5.74, 6) is 2.41. The minimum Gasteiger partial charge on any atom is -0.377 e. The highest BCUT2D eigenvalue weighted by Crippen LogP contribution is 2.31. The number of imidazole rings is 1. The van der Waals surface area contributed by atoms with Gasteiger partial charge in [0.05, 0.1) is 19.3 Å². The first-order valence-electron chi connectivity index (χ1n) is 10.5. The molecule has 0 amide bonds. The molecule has 29 heavy (non-hydrogen) atoms. The SMILES string of the molecule is C[C@@H]1COCCN1c1nc(N2CCCC[C@@H]2C)nc2nc(-c3ccccn3)[nH]c12. The van der Waals surface area contributed by atoms with E-state index >= 15 is 0 Å². The summed E-state index contributed by atoms with van der Waals surface area (Å²) in [7, 11) is 0. The number of rotatable bonds is 3. The zero-order valence-electron chi connectivity index (χ0n) is 17.0. The number of pyridine rings is 1. The maximum atomic E-state index is 5.65. The topological polar surface area (TPSA) is 83.1 Å². The fraction of sp³-hybridized carbons (Fsp3) is 0.524. The molecule has 2 fully saturated rings. The van der Waals surface area contributed by atoms with Crippen molar-refractivity contribution >= 4 is 22.9 Å². The molecule has 2 atom stereocenters. The molecule has 0 saturated carbocycles. The van der Waals surface area contributed by atoms with Crippen molar-refractivity contribution < 1.29 is 4.74 Å². The van der Waals surface area contributed by atoms with Crippen LogP contribution in [0.15, 0.2) is 24.4 Å². The van der Waals surface area contributed by atoms with Crippen LogP contribution in [-0.4, -0.2) is 63.3 Å². The Labute approximate surface area is 170 Å². The Hall–Kier alpha value is -2.74. The van der Waals surface area contributed by atoms with E-state index in [0.717, 1.165) is 41.9 Å².